The average Bonchev–Trinajstić information content (AvgIpc) is 3.14. The van der Waals surface area contributed by atoms with Gasteiger partial charge in [-0.3, -0.25) is 0 Å². The van der Waals surface area contributed by atoms with Crippen LogP contribution in [0.5, 0.6) is 0 Å². The van der Waals surface area contributed by atoms with E-state index in [0.29, 0.717) is 0 Å². The van der Waals surface area contributed by atoms with Crippen LogP contribution in [0, 0.1) is 41.5 Å². The van der Waals surface area contributed by atoms with E-state index in [0.717, 1.165) is 34.1 Å². The van der Waals surface area contributed by atoms with Crippen molar-refractivity contribution in [2.75, 3.05) is 9.80 Å². The van der Waals surface area contributed by atoms with E-state index in [1.807, 2.05) is 0 Å². The fourth-order valence-electron chi connectivity index (χ4n) is 6.47. The summed E-state index contributed by atoms with van der Waals surface area (Å²) in [7, 11) is 0. The SMILES string of the molecule is Cc1ccc(N(c2ccc(-c3ccc(-c4ccc(N(c5ccc(C)cc5)c5ccc(C)c(C)c5)cc4)cc3)cc2)c2ccc(C)c(C)c2)cc1. The Bertz CT molecular complexity index is 2060. The number of aryl methyl sites for hydroxylation is 6. The Labute approximate surface area is 297 Å². The highest BCUT2D eigenvalue weighted by atomic mass is 15.1. The lowest BCUT2D eigenvalue weighted by molar-refractivity contribution is 1.24. The van der Waals surface area contributed by atoms with Crippen molar-refractivity contribution in [3.63, 3.8) is 0 Å². The summed E-state index contributed by atoms with van der Waals surface area (Å²) in [4.78, 5) is 4.67. The van der Waals surface area contributed by atoms with Crippen LogP contribution in [0.2, 0.25) is 0 Å². The zero-order valence-corrected chi connectivity index (χ0v) is 29.9. The average molecular weight is 649 g/mol. The highest BCUT2D eigenvalue weighted by Gasteiger charge is 2.15. The summed E-state index contributed by atoms with van der Waals surface area (Å²) in [6, 6.07) is 57.7. The lowest BCUT2D eigenvalue weighted by Crippen LogP contribution is -2.10. The van der Waals surface area contributed by atoms with E-state index in [1.165, 1.54) is 55.6 Å². The highest BCUT2D eigenvalue weighted by molar-refractivity contribution is 5.81. The van der Waals surface area contributed by atoms with E-state index < -0.39 is 0 Å². The Hall–Kier alpha value is -5.86. The summed E-state index contributed by atoms with van der Waals surface area (Å²) in [5.74, 6) is 0. The van der Waals surface area contributed by atoms with Crippen molar-refractivity contribution in [3.8, 4) is 22.3 Å². The number of nitrogens with zero attached hydrogens (tertiary/aromatic N) is 2. The van der Waals surface area contributed by atoms with Crippen LogP contribution in [0.3, 0.4) is 0 Å². The first kappa shape index (κ1) is 32.7. The van der Waals surface area contributed by atoms with Crippen LogP contribution in [0.25, 0.3) is 22.3 Å². The van der Waals surface area contributed by atoms with Crippen LogP contribution in [-0.4, -0.2) is 0 Å². The second kappa shape index (κ2) is 13.9. The van der Waals surface area contributed by atoms with Gasteiger partial charge in [0.1, 0.15) is 0 Å². The first-order chi connectivity index (χ1) is 24.2. The summed E-state index contributed by atoms with van der Waals surface area (Å²) in [6.07, 6.45) is 0. The molecule has 0 saturated carbocycles. The molecule has 0 saturated heterocycles. The first-order valence-corrected chi connectivity index (χ1v) is 17.4. The van der Waals surface area contributed by atoms with E-state index in [1.54, 1.807) is 0 Å². The molecular formula is C48H44N2. The second-order valence-electron chi connectivity index (χ2n) is 13.6. The van der Waals surface area contributed by atoms with Crippen molar-refractivity contribution >= 4 is 34.1 Å². The Morgan fingerprint density at radius 1 is 0.240 bits per heavy atom. The van der Waals surface area contributed by atoms with Crippen molar-refractivity contribution in [3.05, 3.63) is 191 Å². The van der Waals surface area contributed by atoms with Crippen LogP contribution in [0.15, 0.2) is 158 Å². The number of hydrogen-bond donors (Lipinski definition) is 0. The van der Waals surface area contributed by atoms with Gasteiger partial charge in [-0.25, -0.2) is 0 Å². The van der Waals surface area contributed by atoms with Crippen molar-refractivity contribution < 1.29 is 0 Å². The standard InChI is InChI=1S/C48H44N2/c1-33-7-21-43(22-8-33)49(47-25-11-35(3)37(5)31-47)45-27-17-41(18-28-45)39-13-15-40(16-14-39)42-19-29-46(30-20-42)50(44-23-9-34(2)10-24-44)48-26-12-36(4)38(6)32-48/h7-32H,1-6H3. The molecule has 50 heavy (non-hydrogen) atoms. The maximum absolute atomic E-state index is 2.34. The summed E-state index contributed by atoms with van der Waals surface area (Å²) in [5, 5.41) is 0. The lowest BCUT2D eigenvalue weighted by atomic mass is 9.99. The van der Waals surface area contributed by atoms with Crippen LogP contribution >= 0.6 is 0 Å². The molecule has 0 bridgehead atoms. The van der Waals surface area contributed by atoms with E-state index in [4.69, 9.17) is 0 Å². The Morgan fingerprint density at radius 2 is 0.480 bits per heavy atom. The molecular weight excluding hydrogens is 605 g/mol. The molecule has 0 aliphatic carbocycles. The minimum absolute atomic E-state index is 1.14. The number of hydrogen-bond acceptors (Lipinski definition) is 2. The van der Waals surface area contributed by atoms with Crippen molar-refractivity contribution in [2.24, 2.45) is 0 Å². The molecule has 0 aromatic heterocycles. The first-order valence-electron chi connectivity index (χ1n) is 17.4. The molecule has 7 aromatic carbocycles. The fourth-order valence-corrected chi connectivity index (χ4v) is 6.47. The van der Waals surface area contributed by atoms with Gasteiger partial charge in [0.25, 0.3) is 0 Å². The van der Waals surface area contributed by atoms with Gasteiger partial charge in [-0.2, -0.15) is 0 Å². The van der Waals surface area contributed by atoms with Gasteiger partial charge in [-0.1, -0.05) is 96.1 Å². The van der Waals surface area contributed by atoms with Gasteiger partial charge in [-0.15, -0.1) is 0 Å². The van der Waals surface area contributed by atoms with Crippen LogP contribution in [0.1, 0.15) is 33.4 Å². The largest absolute Gasteiger partial charge is 0.310 e. The Morgan fingerprint density at radius 3 is 0.760 bits per heavy atom. The van der Waals surface area contributed by atoms with Crippen molar-refractivity contribution in [1.29, 1.82) is 0 Å². The molecule has 2 nitrogen and oxygen atoms in total. The number of anilines is 6. The van der Waals surface area contributed by atoms with Gasteiger partial charge in [0.15, 0.2) is 0 Å². The maximum atomic E-state index is 2.34. The molecule has 0 heterocycles. The van der Waals surface area contributed by atoms with E-state index in [9.17, 15) is 0 Å². The number of rotatable bonds is 8. The zero-order chi connectivity index (χ0) is 34.8. The van der Waals surface area contributed by atoms with E-state index in [2.05, 4.69) is 209 Å². The predicted octanol–water partition coefficient (Wildman–Crippen LogP) is 13.8. The van der Waals surface area contributed by atoms with Gasteiger partial charge in [0, 0.05) is 34.1 Å². The monoisotopic (exact) mass is 648 g/mol. The zero-order valence-electron chi connectivity index (χ0n) is 29.9. The third-order valence-corrected chi connectivity index (χ3v) is 9.88. The molecule has 0 radical (unpaired) electrons. The van der Waals surface area contributed by atoms with E-state index in [-0.39, 0.29) is 0 Å². The Balaban J connectivity index is 1.14. The maximum Gasteiger partial charge on any atom is 0.0464 e. The molecule has 0 unspecified atom stereocenters. The molecule has 0 N–H and O–H groups in total. The third kappa shape index (κ3) is 6.84. The summed E-state index contributed by atoms with van der Waals surface area (Å²) in [6.45, 7) is 13.0. The highest BCUT2D eigenvalue weighted by Crippen LogP contribution is 2.38. The normalized spacial score (nSPS) is 11.0. The smallest absolute Gasteiger partial charge is 0.0464 e. The molecule has 0 aliphatic heterocycles. The molecule has 246 valence electrons. The quantitative estimate of drug-likeness (QED) is 0.162. The van der Waals surface area contributed by atoms with Crippen molar-refractivity contribution in [1.82, 2.24) is 0 Å². The molecule has 0 aliphatic rings. The van der Waals surface area contributed by atoms with Gasteiger partial charge >= 0.3 is 0 Å². The topological polar surface area (TPSA) is 6.48 Å². The molecule has 7 aromatic rings. The second-order valence-corrected chi connectivity index (χ2v) is 13.6. The van der Waals surface area contributed by atoms with Gasteiger partial charge < -0.3 is 9.80 Å². The van der Waals surface area contributed by atoms with E-state index >= 15 is 0 Å². The minimum Gasteiger partial charge on any atom is -0.310 e. The molecule has 0 amide bonds. The Kier molecular flexibility index (Phi) is 9.11. The number of benzene rings is 7. The summed E-state index contributed by atoms with van der Waals surface area (Å²) < 4.78 is 0. The molecule has 2 heteroatoms. The molecule has 0 fully saturated rings. The van der Waals surface area contributed by atoms with Crippen LogP contribution in [0.4, 0.5) is 34.1 Å². The lowest BCUT2D eigenvalue weighted by Gasteiger charge is -2.26. The molecule has 0 atom stereocenters. The van der Waals surface area contributed by atoms with Gasteiger partial charge in [-0.05, 0) is 159 Å². The van der Waals surface area contributed by atoms with Gasteiger partial charge in [0.05, 0.1) is 0 Å². The summed E-state index contributed by atoms with van der Waals surface area (Å²) >= 11 is 0. The minimum atomic E-state index is 1.14. The van der Waals surface area contributed by atoms with Crippen LogP contribution in [-0.2, 0) is 0 Å². The molecule has 0 spiro atoms. The van der Waals surface area contributed by atoms with Crippen molar-refractivity contribution in [2.45, 2.75) is 41.5 Å². The van der Waals surface area contributed by atoms with Crippen LogP contribution < -0.4 is 9.80 Å². The predicted molar refractivity (Wildman–Crippen MR) is 215 cm³/mol. The third-order valence-electron chi connectivity index (χ3n) is 9.88. The molecule has 7 rings (SSSR count). The summed E-state index contributed by atoms with van der Waals surface area (Å²) in [5.41, 5.74) is 19.4. The van der Waals surface area contributed by atoms with Gasteiger partial charge in [0.2, 0.25) is 0 Å². The fraction of sp³-hybridized carbons (Fsp3) is 0.125.